The van der Waals surface area contributed by atoms with Crippen LogP contribution in [0.3, 0.4) is 0 Å². The fourth-order valence-corrected chi connectivity index (χ4v) is 1.99. The van der Waals surface area contributed by atoms with E-state index in [1.807, 2.05) is 18.4 Å². The zero-order valence-electron chi connectivity index (χ0n) is 10.2. The quantitative estimate of drug-likeness (QED) is 0.426. The summed E-state index contributed by atoms with van der Waals surface area (Å²) in [6.45, 7) is 0. The molecule has 106 valence electrons. The number of amides is 1. The zero-order valence-corrected chi connectivity index (χ0v) is 12.5. The second-order valence-corrected chi connectivity index (χ2v) is 5.83. The molecule has 2 unspecified atom stereocenters. The SMILES string of the molecule is CSc1ccc(C(O)CC(O)NC(=O)C(Cl)Cl)cc1. The molecular weight excluding hydrogens is 309 g/mol. The molecule has 1 rings (SSSR count). The van der Waals surface area contributed by atoms with E-state index in [-0.39, 0.29) is 6.42 Å². The molecule has 1 aromatic rings. The molecular formula is C12H15Cl2NO3S. The summed E-state index contributed by atoms with van der Waals surface area (Å²) in [5, 5.41) is 21.7. The molecule has 0 saturated heterocycles. The van der Waals surface area contributed by atoms with Crippen LogP contribution < -0.4 is 5.32 Å². The Bertz CT molecular complexity index is 414. The first-order chi connectivity index (χ1) is 8.93. The lowest BCUT2D eigenvalue weighted by Crippen LogP contribution is -2.38. The first kappa shape index (κ1) is 16.6. The van der Waals surface area contributed by atoms with Gasteiger partial charge in [0.2, 0.25) is 0 Å². The Labute approximate surface area is 126 Å². The van der Waals surface area contributed by atoms with Gasteiger partial charge in [-0.25, -0.2) is 0 Å². The van der Waals surface area contributed by atoms with Crippen LogP contribution in [-0.4, -0.2) is 33.4 Å². The molecule has 4 nitrogen and oxygen atoms in total. The van der Waals surface area contributed by atoms with E-state index in [1.165, 1.54) is 0 Å². The van der Waals surface area contributed by atoms with Crippen molar-refractivity contribution in [3.8, 4) is 0 Å². The van der Waals surface area contributed by atoms with Crippen molar-refractivity contribution in [1.82, 2.24) is 5.32 Å². The number of nitrogens with one attached hydrogen (secondary N) is 1. The molecule has 0 saturated carbocycles. The highest BCUT2D eigenvalue weighted by Crippen LogP contribution is 2.21. The van der Waals surface area contributed by atoms with Crippen LogP contribution >= 0.6 is 35.0 Å². The van der Waals surface area contributed by atoms with Gasteiger partial charge in [0.05, 0.1) is 6.10 Å². The number of carbonyl (C=O) groups is 1. The number of halogens is 2. The minimum absolute atomic E-state index is 0.0369. The van der Waals surface area contributed by atoms with Crippen molar-refractivity contribution in [1.29, 1.82) is 0 Å². The van der Waals surface area contributed by atoms with Crippen LogP contribution in [0.25, 0.3) is 0 Å². The van der Waals surface area contributed by atoms with Crippen molar-refractivity contribution in [3.05, 3.63) is 29.8 Å². The molecule has 19 heavy (non-hydrogen) atoms. The zero-order chi connectivity index (χ0) is 14.4. The van der Waals surface area contributed by atoms with Crippen molar-refractivity contribution in [2.24, 2.45) is 0 Å². The summed E-state index contributed by atoms with van der Waals surface area (Å²) in [6, 6.07) is 7.30. The van der Waals surface area contributed by atoms with Crippen molar-refractivity contribution < 1.29 is 15.0 Å². The molecule has 7 heteroatoms. The van der Waals surface area contributed by atoms with E-state index in [4.69, 9.17) is 23.2 Å². The van der Waals surface area contributed by atoms with E-state index in [1.54, 1.807) is 23.9 Å². The monoisotopic (exact) mass is 323 g/mol. The number of benzene rings is 1. The van der Waals surface area contributed by atoms with Crippen LogP contribution in [-0.2, 0) is 4.79 Å². The number of hydrogen-bond donors (Lipinski definition) is 3. The van der Waals surface area contributed by atoms with Gasteiger partial charge in [0, 0.05) is 11.3 Å². The van der Waals surface area contributed by atoms with Gasteiger partial charge in [0.25, 0.3) is 5.91 Å². The fourth-order valence-electron chi connectivity index (χ4n) is 1.46. The molecule has 1 aromatic carbocycles. The van der Waals surface area contributed by atoms with Gasteiger partial charge in [-0.15, -0.1) is 11.8 Å². The van der Waals surface area contributed by atoms with Gasteiger partial charge in [-0.05, 0) is 24.0 Å². The predicted molar refractivity (Wildman–Crippen MR) is 77.4 cm³/mol. The average molecular weight is 324 g/mol. The van der Waals surface area contributed by atoms with Crippen LogP contribution in [0, 0.1) is 0 Å². The second kappa shape index (κ2) is 7.97. The van der Waals surface area contributed by atoms with Gasteiger partial charge in [-0.2, -0.15) is 0 Å². The lowest BCUT2D eigenvalue weighted by atomic mass is 10.1. The third-order valence-corrected chi connectivity index (χ3v) is 3.59. The minimum atomic E-state index is -1.24. The molecule has 0 aliphatic heterocycles. The fraction of sp³-hybridized carbons (Fsp3) is 0.417. The highest BCUT2D eigenvalue weighted by Gasteiger charge is 2.18. The summed E-state index contributed by atoms with van der Waals surface area (Å²) >= 11 is 12.3. The Kier molecular flexibility index (Phi) is 6.96. The predicted octanol–water partition coefficient (Wildman–Crippen LogP) is 2.07. The first-order valence-electron chi connectivity index (χ1n) is 5.52. The standard InChI is InChI=1S/C12H15Cl2NO3S/c1-19-8-4-2-7(3-5-8)9(16)6-10(17)15-12(18)11(13)14/h2-5,9-11,16-17H,6H2,1H3,(H,15,18). The Balaban J connectivity index is 2.53. The summed E-state index contributed by atoms with van der Waals surface area (Å²) in [5.41, 5.74) is 0.666. The van der Waals surface area contributed by atoms with Gasteiger partial charge in [0.15, 0.2) is 4.84 Å². The summed E-state index contributed by atoms with van der Waals surface area (Å²) in [7, 11) is 0. The number of alkyl halides is 2. The number of aliphatic hydroxyl groups is 2. The van der Waals surface area contributed by atoms with Crippen molar-refractivity contribution in [3.63, 3.8) is 0 Å². The van der Waals surface area contributed by atoms with E-state index in [0.717, 1.165) is 4.90 Å². The largest absolute Gasteiger partial charge is 0.388 e. The van der Waals surface area contributed by atoms with Crippen molar-refractivity contribution >= 4 is 40.9 Å². The normalized spacial score (nSPS) is 14.2. The Morgan fingerprint density at radius 1 is 1.32 bits per heavy atom. The van der Waals surface area contributed by atoms with Crippen molar-refractivity contribution in [2.45, 2.75) is 28.5 Å². The topological polar surface area (TPSA) is 69.6 Å². The van der Waals surface area contributed by atoms with Crippen LogP contribution in [0.5, 0.6) is 0 Å². The average Bonchev–Trinajstić information content (AvgIpc) is 2.38. The highest BCUT2D eigenvalue weighted by molar-refractivity contribution is 7.98. The van der Waals surface area contributed by atoms with Crippen LogP contribution in [0.1, 0.15) is 18.1 Å². The lowest BCUT2D eigenvalue weighted by molar-refractivity contribution is -0.122. The van der Waals surface area contributed by atoms with Gasteiger partial charge in [0.1, 0.15) is 6.23 Å². The molecule has 0 aliphatic carbocycles. The number of carbonyl (C=O) groups excluding carboxylic acids is 1. The molecule has 0 aliphatic rings. The summed E-state index contributed by atoms with van der Waals surface area (Å²) < 4.78 is 0. The summed E-state index contributed by atoms with van der Waals surface area (Å²) in [6.07, 6.45) is -0.164. The third kappa shape index (κ3) is 5.58. The maximum absolute atomic E-state index is 11.1. The molecule has 1 amide bonds. The van der Waals surface area contributed by atoms with E-state index in [0.29, 0.717) is 5.56 Å². The molecule has 0 bridgehead atoms. The molecule has 2 atom stereocenters. The Morgan fingerprint density at radius 3 is 2.37 bits per heavy atom. The number of thioether (sulfide) groups is 1. The Hall–Kier alpha value is -0.460. The molecule has 0 spiro atoms. The van der Waals surface area contributed by atoms with Gasteiger partial charge in [-0.3, -0.25) is 4.79 Å². The lowest BCUT2D eigenvalue weighted by Gasteiger charge is -2.17. The van der Waals surface area contributed by atoms with E-state index < -0.39 is 23.1 Å². The number of hydrogen-bond acceptors (Lipinski definition) is 4. The van der Waals surface area contributed by atoms with Crippen molar-refractivity contribution in [2.75, 3.05) is 6.26 Å². The smallest absolute Gasteiger partial charge is 0.255 e. The maximum Gasteiger partial charge on any atom is 0.255 e. The van der Waals surface area contributed by atoms with Gasteiger partial charge >= 0.3 is 0 Å². The molecule has 0 fully saturated rings. The van der Waals surface area contributed by atoms with Crippen LogP contribution in [0.4, 0.5) is 0 Å². The summed E-state index contributed by atoms with van der Waals surface area (Å²) in [5.74, 6) is -0.694. The number of aliphatic hydroxyl groups excluding tert-OH is 2. The number of rotatable bonds is 6. The first-order valence-corrected chi connectivity index (χ1v) is 7.62. The second-order valence-electron chi connectivity index (χ2n) is 3.85. The van der Waals surface area contributed by atoms with E-state index >= 15 is 0 Å². The molecule has 0 radical (unpaired) electrons. The Morgan fingerprint density at radius 2 is 1.89 bits per heavy atom. The third-order valence-electron chi connectivity index (χ3n) is 2.45. The maximum atomic E-state index is 11.1. The molecule has 0 heterocycles. The molecule has 3 N–H and O–H groups in total. The van der Waals surface area contributed by atoms with Crippen LogP contribution in [0.15, 0.2) is 29.2 Å². The highest BCUT2D eigenvalue weighted by atomic mass is 35.5. The van der Waals surface area contributed by atoms with Crippen LogP contribution in [0.2, 0.25) is 0 Å². The minimum Gasteiger partial charge on any atom is -0.388 e. The van der Waals surface area contributed by atoms with Gasteiger partial charge in [-0.1, -0.05) is 35.3 Å². The molecule has 0 aromatic heterocycles. The summed E-state index contributed by atoms with van der Waals surface area (Å²) in [4.78, 5) is 11.0. The van der Waals surface area contributed by atoms with E-state index in [2.05, 4.69) is 5.32 Å². The van der Waals surface area contributed by atoms with Gasteiger partial charge < -0.3 is 15.5 Å². The van der Waals surface area contributed by atoms with E-state index in [9.17, 15) is 15.0 Å².